The highest BCUT2D eigenvalue weighted by Crippen LogP contribution is 2.20. The summed E-state index contributed by atoms with van der Waals surface area (Å²) in [4.78, 5) is 17.2. The van der Waals surface area contributed by atoms with E-state index in [2.05, 4.69) is 41.1 Å². The normalized spacial score (nSPS) is 11.1. The number of unbranched alkanes of at least 4 members (excludes halogenated alkanes) is 3. The number of amides is 1. The number of fused-ring (bicyclic) bond motifs is 1. The minimum absolute atomic E-state index is 0.117. The van der Waals surface area contributed by atoms with E-state index in [1.54, 1.807) is 12.1 Å². The Hall–Kier alpha value is -3.31. The predicted octanol–water partition coefficient (Wildman–Crippen LogP) is 7.00. The van der Waals surface area contributed by atoms with Gasteiger partial charge in [0.25, 0.3) is 5.91 Å². The van der Waals surface area contributed by atoms with Gasteiger partial charge in [0.1, 0.15) is 11.6 Å². The molecule has 0 unspecified atom stereocenters. The molecule has 188 valence electrons. The Morgan fingerprint density at radius 1 is 0.917 bits per heavy atom. The van der Waals surface area contributed by atoms with Gasteiger partial charge in [0.2, 0.25) is 0 Å². The van der Waals surface area contributed by atoms with Crippen LogP contribution in [-0.4, -0.2) is 28.6 Å². The fourth-order valence-corrected chi connectivity index (χ4v) is 4.59. The van der Waals surface area contributed by atoms with Crippen LogP contribution in [0.15, 0.2) is 72.8 Å². The van der Waals surface area contributed by atoms with Gasteiger partial charge in [-0.2, -0.15) is 0 Å². The third-order valence-electron chi connectivity index (χ3n) is 6.34. The fourth-order valence-electron chi connectivity index (χ4n) is 4.37. The minimum atomic E-state index is -0.117. The molecule has 0 saturated heterocycles. The Morgan fingerprint density at radius 3 is 2.56 bits per heavy atom. The number of benzene rings is 3. The van der Waals surface area contributed by atoms with Crippen molar-refractivity contribution in [3.8, 4) is 5.75 Å². The molecule has 0 saturated carbocycles. The predicted molar refractivity (Wildman–Crippen MR) is 147 cm³/mol. The highest BCUT2D eigenvalue weighted by atomic mass is 35.5. The first-order valence-electron chi connectivity index (χ1n) is 12.8. The Labute approximate surface area is 218 Å². The first-order valence-corrected chi connectivity index (χ1v) is 13.2. The first kappa shape index (κ1) is 25.8. The molecule has 1 amide bonds. The van der Waals surface area contributed by atoms with E-state index < -0.39 is 0 Å². The summed E-state index contributed by atoms with van der Waals surface area (Å²) < 4.78 is 8.33. The van der Waals surface area contributed by atoms with E-state index in [4.69, 9.17) is 21.3 Å². The quantitative estimate of drug-likeness (QED) is 0.200. The Bertz CT molecular complexity index is 1280. The fraction of sp³-hybridized carbons (Fsp3) is 0.333. The van der Waals surface area contributed by atoms with Crippen LogP contribution in [0.5, 0.6) is 5.75 Å². The lowest BCUT2D eigenvalue weighted by atomic mass is 10.1. The van der Waals surface area contributed by atoms with Gasteiger partial charge in [-0.3, -0.25) is 4.79 Å². The molecule has 1 aromatic heterocycles. The molecule has 0 fully saturated rings. The maximum atomic E-state index is 12.3. The van der Waals surface area contributed by atoms with Crippen LogP contribution >= 0.6 is 11.6 Å². The van der Waals surface area contributed by atoms with Crippen molar-refractivity contribution in [1.82, 2.24) is 14.9 Å². The van der Waals surface area contributed by atoms with Gasteiger partial charge in [0.15, 0.2) is 0 Å². The smallest absolute Gasteiger partial charge is 0.252 e. The van der Waals surface area contributed by atoms with Crippen molar-refractivity contribution < 1.29 is 9.53 Å². The second kappa shape index (κ2) is 13.1. The number of imidazole rings is 1. The van der Waals surface area contributed by atoms with Crippen molar-refractivity contribution in [2.45, 2.75) is 52.0 Å². The first-order chi connectivity index (χ1) is 17.6. The van der Waals surface area contributed by atoms with Crippen LogP contribution in [0.2, 0.25) is 5.02 Å². The van der Waals surface area contributed by atoms with Gasteiger partial charge < -0.3 is 14.6 Å². The number of ether oxygens (including phenoxy) is 1. The number of hydrogen-bond donors (Lipinski definition) is 1. The lowest BCUT2D eigenvalue weighted by Crippen LogP contribution is -2.24. The minimum Gasteiger partial charge on any atom is -0.493 e. The average molecular weight is 504 g/mol. The molecule has 4 aromatic rings. The highest BCUT2D eigenvalue weighted by molar-refractivity contribution is 6.33. The Kier molecular flexibility index (Phi) is 9.40. The van der Waals surface area contributed by atoms with Crippen LogP contribution < -0.4 is 10.1 Å². The van der Waals surface area contributed by atoms with Crippen LogP contribution in [-0.2, 0) is 13.0 Å². The van der Waals surface area contributed by atoms with Crippen LogP contribution in [0.3, 0.4) is 0 Å². The lowest BCUT2D eigenvalue weighted by molar-refractivity contribution is 0.0953. The van der Waals surface area contributed by atoms with E-state index in [9.17, 15) is 4.79 Å². The van der Waals surface area contributed by atoms with Gasteiger partial charge in [-0.15, -0.1) is 0 Å². The second-order valence-electron chi connectivity index (χ2n) is 9.04. The lowest BCUT2D eigenvalue weighted by Gasteiger charge is -2.11. The third kappa shape index (κ3) is 6.88. The zero-order valence-corrected chi connectivity index (χ0v) is 21.6. The summed E-state index contributed by atoms with van der Waals surface area (Å²) in [6.45, 7) is 4.36. The number of para-hydroxylation sites is 3. The molecule has 0 aliphatic rings. The highest BCUT2D eigenvalue weighted by Gasteiger charge is 2.11. The van der Waals surface area contributed by atoms with E-state index in [1.807, 2.05) is 36.4 Å². The molecule has 0 aliphatic heterocycles. The van der Waals surface area contributed by atoms with E-state index in [1.165, 1.54) is 11.1 Å². The maximum Gasteiger partial charge on any atom is 0.252 e. The summed E-state index contributed by atoms with van der Waals surface area (Å²) in [5.74, 6) is 1.99. The summed E-state index contributed by atoms with van der Waals surface area (Å²) in [6, 6.07) is 23.6. The summed E-state index contributed by atoms with van der Waals surface area (Å²) in [5.41, 5.74) is 3.94. The summed E-state index contributed by atoms with van der Waals surface area (Å²) in [6.07, 6.45) is 5.93. The second-order valence-corrected chi connectivity index (χ2v) is 9.44. The monoisotopic (exact) mass is 503 g/mol. The van der Waals surface area contributed by atoms with Crippen molar-refractivity contribution in [3.63, 3.8) is 0 Å². The number of aromatic nitrogens is 2. The van der Waals surface area contributed by atoms with Crippen molar-refractivity contribution in [3.05, 3.63) is 94.8 Å². The molecule has 1 N–H and O–H groups in total. The van der Waals surface area contributed by atoms with E-state index in [-0.39, 0.29) is 5.91 Å². The van der Waals surface area contributed by atoms with Crippen molar-refractivity contribution in [1.29, 1.82) is 0 Å². The van der Waals surface area contributed by atoms with Gasteiger partial charge in [0, 0.05) is 19.5 Å². The van der Waals surface area contributed by atoms with Gasteiger partial charge in [-0.05, 0) is 68.5 Å². The summed E-state index contributed by atoms with van der Waals surface area (Å²) >= 11 is 6.11. The molecule has 36 heavy (non-hydrogen) atoms. The van der Waals surface area contributed by atoms with Gasteiger partial charge >= 0.3 is 0 Å². The summed E-state index contributed by atoms with van der Waals surface area (Å²) in [5, 5.41) is 3.45. The largest absolute Gasteiger partial charge is 0.493 e. The number of hydrogen-bond acceptors (Lipinski definition) is 3. The number of nitrogens with one attached hydrogen (secondary N) is 1. The van der Waals surface area contributed by atoms with Crippen molar-refractivity contribution >= 4 is 28.5 Å². The van der Waals surface area contributed by atoms with Crippen LogP contribution in [0, 0.1) is 6.92 Å². The molecule has 5 nitrogen and oxygen atoms in total. The Morgan fingerprint density at radius 2 is 1.69 bits per heavy atom. The van der Waals surface area contributed by atoms with E-state index in [0.717, 1.165) is 62.2 Å². The SMILES string of the molecule is Cc1ccccc1OCCCCn1c(CCCCCNC(=O)c2ccccc2Cl)nc2ccccc21. The van der Waals surface area contributed by atoms with E-state index >= 15 is 0 Å². The number of carbonyl (C=O) groups is 1. The number of carbonyl (C=O) groups excluding carboxylic acids is 1. The molecule has 0 aliphatic carbocycles. The number of aryl methyl sites for hydroxylation is 3. The molecule has 3 aromatic carbocycles. The molecule has 0 bridgehead atoms. The maximum absolute atomic E-state index is 12.3. The zero-order chi connectivity index (χ0) is 25.2. The average Bonchev–Trinajstić information content (AvgIpc) is 3.24. The number of rotatable bonds is 13. The molecule has 6 heteroatoms. The van der Waals surface area contributed by atoms with Gasteiger partial charge in [-0.25, -0.2) is 4.98 Å². The molecule has 1 heterocycles. The van der Waals surface area contributed by atoms with Crippen molar-refractivity contribution in [2.24, 2.45) is 0 Å². The molecule has 4 rings (SSSR count). The molecule has 0 radical (unpaired) electrons. The van der Waals surface area contributed by atoms with Crippen LogP contribution in [0.1, 0.15) is 53.8 Å². The molecule has 0 atom stereocenters. The number of halogens is 1. The molecular weight excluding hydrogens is 470 g/mol. The zero-order valence-electron chi connectivity index (χ0n) is 20.9. The van der Waals surface area contributed by atoms with Crippen LogP contribution in [0.4, 0.5) is 0 Å². The van der Waals surface area contributed by atoms with Gasteiger partial charge in [-0.1, -0.05) is 60.5 Å². The summed E-state index contributed by atoms with van der Waals surface area (Å²) in [7, 11) is 0. The molecular formula is C30H34ClN3O2. The topological polar surface area (TPSA) is 56.1 Å². The van der Waals surface area contributed by atoms with E-state index in [0.29, 0.717) is 23.7 Å². The molecule has 0 spiro atoms. The van der Waals surface area contributed by atoms with Crippen LogP contribution in [0.25, 0.3) is 11.0 Å². The Balaban J connectivity index is 1.23. The standard InChI is InChI=1S/C30H34ClN3O2/c1-23-13-4-9-18-28(23)36-22-12-11-21-34-27-17-8-7-16-26(27)33-29(34)19-3-2-10-20-32-30(35)24-14-5-6-15-25(24)31/h4-9,13-18H,2-3,10-12,19-22H2,1H3,(H,32,35). The third-order valence-corrected chi connectivity index (χ3v) is 6.67. The van der Waals surface area contributed by atoms with Crippen molar-refractivity contribution in [2.75, 3.05) is 13.2 Å². The van der Waals surface area contributed by atoms with Gasteiger partial charge in [0.05, 0.1) is 28.2 Å². The number of nitrogens with zero attached hydrogens (tertiary/aromatic N) is 2.